The van der Waals surface area contributed by atoms with Crippen molar-refractivity contribution < 1.29 is 4.74 Å². The average molecular weight is 239 g/mol. The molecule has 0 atom stereocenters. The van der Waals surface area contributed by atoms with Crippen LogP contribution in [0.3, 0.4) is 0 Å². The normalized spacial score (nSPS) is 11.5. The van der Waals surface area contributed by atoms with E-state index in [0.717, 1.165) is 5.56 Å². The molecule has 1 aromatic rings. The first-order valence-electron chi connectivity index (χ1n) is 3.59. The van der Waals surface area contributed by atoms with Gasteiger partial charge in [-0.1, -0.05) is 46.9 Å². The maximum atomic E-state index is 5.73. The molecular formula is C9H8Cl3O. The lowest BCUT2D eigenvalue weighted by Crippen LogP contribution is -2.04. The van der Waals surface area contributed by atoms with E-state index in [-0.39, 0.29) is 0 Å². The Morgan fingerprint density at radius 2 is 2.00 bits per heavy atom. The number of aryl methyl sites for hydroxylation is 1. The molecule has 0 spiro atoms. The monoisotopic (exact) mass is 237 g/mol. The van der Waals surface area contributed by atoms with Gasteiger partial charge in [-0.05, 0) is 18.6 Å². The number of methoxy groups -OCH3 is 1. The molecule has 0 unspecified atom stereocenters. The molecule has 4 heteroatoms. The molecule has 0 aromatic heterocycles. The van der Waals surface area contributed by atoms with Crippen LogP contribution >= 0.6 is 34.8 Å². The fourth-order valence-electron chi connectivity index (χ4n) is 1.06. The van der Waals surface area contributed by atoms with Gasteiger partial charge in [-0.25, -0.2) is 0 Å². The zero-order valence-electron chi connectivity index (χ0n) is 7.20. The lowest BCUT2D eigenvalue weighted by Gasteiger charge is -2.16. The molecule has 1 rings (SSSR count). The SMILES string of the molecule is COc1c(C(Cl)(Cl)Cl)[c]ccc1C. The van der Waals surface area contributed by atoms with Crippen LogP contribution in [-0.2, 0) is 3.79 Å². The van der Waals surface area contributed by atoms with Crippen LogP contribution in [0, 0.1) is 13.0 Å². The molecule has 1 aromatic carbocycles. The van der Waals surface area contributed by atoms with E-state index >= 15 is 0 Å². The van der Waals surface area contributed by atoms with Crippen LogP contribution in [0.25, 0.3) is 0 Å². The molecule has 0 saturated carbocycles. The summed E-state index contributed by atoms with van der Waals surface area (Å²) in [6.07, 6.45) is 0. The summed E-state index contributed by atoms with van der Waals surface area (Å²) in [5.74, 6) is 0.572. The zero-order valence-corrected chi connectivity index (χ0v) is 9.46. The van der Waals surface area contributed by atoms with Crippen molar-refractivity contribution in [1.82, 2.24) is 0 Å². The number of rotatable bonds is 1. The van der Waals surface area contributed by atoms with Gasteiger partial charge in [0.1, 0.15) is 5.75 Å². The first-order chi connectivity index (χ1) is 5.96. The Labute approximate surface area is 92.5 Å². The van der Waals surface area contributed by atoms with Gasteiger partial charge < -0.3 is 4.74 Å². The van der Waals surface area contributed by atoms with Gasteiger partial charge in [0.2, 0.25) is 3.79 Å². The van der Waals surface area contributed by atoms with Crippen molar-refractivity contribution in [1.29, 1.82) is 0 Å². The molecule has 0 aliphatic rings. The van der Waals surface area contributed by atoms with Gasteiger partial charge in [0, 0.05) is 0 Å². The molecule has 0 N–H and O–H groups in total. The van der Waals surface area contributed by atoms with Crippen molar-refractivity contribution in [3.63, 3.8) is 0 Å². The van der Waals surface area contributed by atoms with E-state index in [0.29, 0.717) is 11.3 Å². The van der Waals surface area contributed by atoms with Crippen molar-refractivity contribution in [2.75, 3.05) is 7.11 Å². The van der Waals surface area contributed by atoms with Crippen LogP contribution in [0.4, 0.5) is 0 Å². The topological polar surface area (TPSA) is 9.23 Å². The number of hydrogen-bond acceptors (Lipinski definition) is 1. The summed E-state index contributed by atoms with van der Waals surface area (Å²) in [6.45, 7) is 1.88. The molecule has 0 aliphatic carbocycles. The molecule has 0 fully saturated rings. The van der Waals surface area contributed by atoms with E-state index in [1.165, 1.54) is 7.11 Å². The van der Waals surface area contributed by atoms with E-state index < -0.39 is 3.79 Å². The van der Waals surface area contributed by atoms with Gasteiger partial charge in [0.05, 0.1) is 12.7 Å². The third kappa shape index (κ3) is 2.43. The molecule has 0 heterocycles. The number of ether oxygens (including phenoxy) is 1. The smallest absolute Gasteiger partial charge is 0.220 e. The fraction of sp³-hybridized carbons (Fsp3) is 0.333. The van der Waals surface area contributed by atoms with Gasteiger partial charge in [0.15, 0.2) is 0 Å². The Bertz CT molecular complexity index is 304. The van der Waals surface area contributed by atoms with E-state index in [2.05, 4.69) is 6.07 Å². The summed E-state index contributed by atoms with van der Waals surface area (Å²) in [5.41, 5.74) is 1.36. The Morgan fingerprint density at radius 3 is 2.38 bits per heavy atom. The summed E-state index contributed by atoms with van der Waals surface area (Å²) < 4.78 is 3.63. The molecule has 0 bridgehead atoms. The van der Waals surface area contributed by atoms with Crippen LogP contribution < -0.4 is 4.74 Å². The minimum absolute atomic E-state index is 0.444. The van der Waals surface area contributed by atoms with Crippen LogP contribution in [0.5, 0.6) is 5.75 Å². The Hall–Kier alpha value is -0.110. The minimum atomic E-state index is -1.49. The highest BCUT2D eigenvalue weighted by molar-refractivity contribution is 6.66. The van der Waals surface area contributed by atoms with Gasteiger partial charge in [0.25, 0.3) is 0 Å². The van der Waals surface area contributed by atoms with E-state index in [9.17, 15) is 0 Å². The van der Waals surface area contributed by atoms with Crippen LogP contribution in [0.15, 0.2) is 12.1 Å². The van der Waals surface area contributed by atoms with Gasteiger partial charge in [-0.3, -0.25) is 0 Å². The fourth-order valence-corrected chi connectivity index (χ4v) is 1.48. The number of benzene rings is 1. The molecule has 0 aliphatic heterocycles. The number of alkyl halides is 3. The largest absolute Gasteiger partial charge is 0.496 e. The summed E-state index contributed by atoms with van der Waals surface area (Å²) in [6, 6.07) is 6.40. The minimum Gasteiger partial charge on any atom is -0.496 e. The summed E-state index contributed by atoms with van der Waals surface area (Å²) in [7, 11) is 1.54. The maximum Gasteiger partial charge on any atom is 0.220 e. The number of halogens is 3. The first kappa shape index (κ1) is 11.0. The Morgan fingerprint density at radius 1 is 1.38 bits per heavy atom. The zero-order chi connectivity index (χ0) is 10.1. The average Bonchev–Trinajstić information content (AvgIpc) is 2.02. The third-order valence-electron chi connectivity index (χ3n) is 1.63. The van der Waals surface area contributed by atoms with E-state index in [1.807, 2.05) is 13.0 Å². The van der Waals surface area contributed by atoms with Crippen molar-refractivity contribution in [2.45, 2.75) is 10.7 Å². The van der Waals surface area contributed by atoms with Crippen LogP contribution in [0.1, 0.15) is 11.1 Å². The second kappa shape index (κ2) is 3.95. The van der Waals surface area contributed by atoms with Gasteiger partial charge in [-0.15, -0.1) is 0 Å². The second-order valence-corrected chi connectivity index (χ2v) is 4.85. The van der Waals surface area contributed by atoms with E-state index in [4.69, 9.17) is 39.5 Å². The van der Waals surface area contributed by atoms with Crippen molar-refractivity contribution in [2.24, 2.45) is 0 Å². The number of hydrogen-bond donors (Lipinski definition) is 0. The van der Waals surface area contributed by atoms with Crippen LogP contribution in [0.2, 0.25) is 0 Å². The van der Waals surface area contributed by atoms with Gasteiger partial charge in [-0.2, -0.15) is 0 Å². The standard InChI is InChI=1S/C9H8Cl3O/c1-6-4-3-5-7(8(6)13-2)9(10,11)12/h3-4H,1-2H3. The predicted molar refractivity (Wildman–Crippen MR) is 55.8 cm³/mol. The second-order valence-electron chi connectivity index (χ2n) is 2.57. The molecule has 0 amide bonds. The van der Waals surface area contributed by atoms with Crippen molar-refractivity contribution >= 4 is 34.8 Å². The highest BCUT2D eigenvalue weighted by Gasteiger charge is 2.27. The molecule has 1 radical (unpaired) electrons. The maximum absolute atomic E-state index is 5.73. The quantitative estimate of drug-likeness (QED) is 0.679. The van der Waals surface area contributed by atoms with E-state index in [1.54, 1.807) is 6.07 Å². The lowest BCUT2D eigenvalue weighted by atomic mass is 10.1. The molecular weight excluding hydrogens is 230 g/mol. The highest BCUT2D eigenvalue weighted by atomic mass is 35.6. The van der Waals surface area contributed by atoms with Crippen molar-refractivity contribution in [3.8, 4) is 5.75 Å². The predicted octanol–water partition coefficient (Wildman–Crippen LogP) is 3.63. The lowest BCUT2D eigenvalue weighted by molar-refractivity contribution is 0.407. The van der Waals surface area contributed by atoms with Gasteiger partial charge >= 0.3 is 0 Å². The Balaban J connectivity index is 3.29. The van der Waals surface area contributed by atoms with Crippen LogP contribution in [-0.4, -0.2) is 7.11 Å². The summed E-state index contributed by atoms with van der Waals surface area (Å²) in [5, 5.41) is 0. The summed E-state index contributed by atoms with van der Waals surface area (Å²) in [4.78, 5) is 0. The third-order valence-corrected chi connectivity index (χ3v) is 2.20. The summed E-state index contributed by atoms with van der Waals surface area (Å²) >= 11 is 17.2. The molecule has 0 saturated heterocycles. The molecule has 71 valence electrons. The first-order valence-corrected chi connectivity index (χ1v) is 4.72. The Kier molecular flexibility index (Phi) is 3.33. The van der Waals surface area contributed by atoms with Crippen molar-refractivity contribution in [3.05, 3.63) is 29.3 Å². The highest BCUT2D eigenvalue weighted by Crippen LogP contribution is 2.43. The molecule has 1 nitrogen and oxygen atoms in total. The molecule has 13 heavy (non-hydrogen) atoms.